The van der Waals surface area contributed by atoms with E-state index >= 15 is 0 Å². The normalized spacial score (nSPS) is 16.4. The highest BCUT2D eigenvalue weighted by atomic mass is 32.1. The van der Waals surface area contributed by atoms with Gasteiger partial charge < -0.3 is 10.0 Å². The van der Waals surface area contributed by atoms with Crippen molar-refractivity contribution in [2.24, 2.45) is 0 Å². The van der Waals surface area contributed by atoms with E-state index in [4.69, 9.17) is 0 Å². The lowest BCUT2D eigenvalue weighted by atomic mass is 10.0. The van der Waals surface area contributed by atoms with Crippen LogP contribution in [0.2, 0.25) is 0 Å². The third kappa shape index (κ3) is 3.34. The number of rotatable bonds is 4. The number of hydrogen-bond acceptors (Lipinski definition) is 6. The molecule has 8 heteroatoms. The van der Waals surface area contributed by atoms with E-state index in [0.29, 0.717) is 4.96 Å². The number of halogens is 1. The van der Waals surface area contributed by atoms with E-state index in [0.717, 1.165) is 42.3 Å². The molecule has 4 aromatic rings. The number of aromatic nitrogens is 3. The maximum absolute atomic E-state index is 13.2. The summed E-state index contributed by atoms with van der Waals surface area (Å²) < 4.78 is 14.7. The fourth-order valence-corrected chi connectivity index (χ4v) is 5.02. The molecule has 2 aromatic carbocycles. The molecule has 148 valence electrons. The third-order valence-electron chi connectivity index (χ3n) is 5.37. The van der Waals surface area contributed by atoms with E-state index in [1.54, 1.807) is 0 Å². The molecule has 6 nitrogen and oxygen atoms in total. The van der Waals surface area contributed by atoms with Gasteiger partial charge in [0, 0.05) is 31.9 Å². The molecular formula is C21H20FN5OS. The Bertz CT molecular complexity index is 1100. The monoisotopic (exact) mass is 409 g/mol. The van der Waals surface area contributed by atoms with Gasteiger partial charge in [-0.1, -0.05) is 41.7 Å². The van der Waals surface area contributed by atoms with Crippen LogP contribution in [0.15, 0.2) is 60.9 Å². The predicted octanol–water partition coefficient (Wildman–Crippen LogP) is 3.55. The predicted molar refractivity (Wildman–Crippen MR) is 111 cm³/mol. The van der Waals surface area contributed by atoms with Gasteiger partial charge in [-0.2, -0.15) is 9.61 Å². The van der Waals surface area contributed by atoms with E-state index in [-0.39, 0.29) is 17.7 Å². The molecule has 1 fully saturated rings. The molecule has 1 saturated heterocycles. The van der Waals surface area contributed by atoms with Crippen LogP contribution in [0.3, 0.4) is 0 Å². The number of thiazole rings is 1. The van der Waals surface area contributed by atoms with Gasteiger partial charge in [-0.25, -0.2) is 9.37 Å². The van der Waals surface area contributed by atoms with Crippen LogP contribution in [0.5, 0.6) is 5.88 Å². The second kappa shape index (κ2) is 7.46. The molecule has 0 spiro atoms. The molecule has 29 heavy (non-hydrogen) atoms. The second-order valence-corrected chi connectivity index (χ2v) is 8.07. The van der Waals surface area contributed by atoms with E-state index in [1.807, 2.05) is 30.3 Å². The van der Waals surface area contributed by atoms with E-state index in [1.165, 1.54) is 34.3 Å². The summed E-state index contributed by atoms with van der Waals surface area (Å²) in [5.74, 6) is -0.0689. The third-order valence-corrected chi connectivity index (χ3v) is 6.46. The van der Waals surface area contributed by atoms with E-state index in [9.17, 15) is 9.50 Å². The zero-order valence-corrected chi connectivity index (χ0v) is 16.5. The summed E-state index contributed by atoms with van der Waals surface area (Å²) in [5.41, 5.74) is 2.16. The van der Waals surface area contributed by atoms with Crippen molar-refractivity contribution >= 4 is 22.0 Å². The summed E-state index contributed by atoms with van der Waals surface area (Å²) in [6.45, 7) is 3.31. The lowest BCUT2D eigenvalue weighted by molar-refractivity contribution is 0.211. The quantitative estimate of drug-likeness (QED) is 0.559. The summed E-state index contributed by atoms with van der Waals surface area (Å²) in [6.07, 6.45) is 1.45. The molecule has 0 amide bonds. The minimum atomic E-state index is -0.219. The molecule has 1 aliphatic heterocycles. The van der Waals surface area contributed by atoms with Gasteiger partial charge in [-0.3, -0.25) is 4.90 Å². The second-order valence-electron chi connectivity index (χ2n) is 7.06. The lowest BCUT2D eigenvalue weighted by Gasteiger charge is -2.40. The molecule has 2 aromatic heterocycles. The molecule has 0 bridgehead atoms. The van der Waals surface area contributed by atoms with Crippen molar-refractivity contribution in [1.82, 2.24) is 19.5 Å². The molecule has 5 rings (SSSR count). The summed E-state index contributed by atoms with van der Waals surface area (Å²) in [7, 11) is 0. The van der Waals surface area contributed by atoms with Crippen molar-refractivity contribution < 1.29 is 9.50 Å². The average Bonchev–Trinajstić information content (AvgIpc) is 3.34. The zero-order valence-electron chi connectivity index (χ0n) is 15.6. The zero-order chi connectivity index (χ0) is 19.8. The maximum Gasteiger partial charge on any atom is 0.230 e. The van der Waals surface area contributed by atoms with Gasteiger partial charge in [-0.05, 0) is 29.8 Å². The van der Waals surface area contributed by atoms with Crippen LogP contribution in [0.25, 0.3) is 4.96 Å². The topological polar surface area (TPSA) is 56.9 Å². The fraction of sp³-hybridized carbons (Fsp3) is 0.238. The van der Waals surface area contributed by atoms with E-state index < -0.39 is 0 Å². The van der Waals surface area contributed by atoms with Gasteiger partial charge in [0.2, 0.25) is 10.8 Å². The Morgan fingerprint density at radius 1 is 0.966 bits per heavy atom. The van der Waals surface area contributed by atoms with Crippen LogP contribution in [-0.2, 0) is 0 Å². The number of hydrogen-bond donors (Lipinski definition) is 1. The van der Waals surface area contributed by atoms with Crippen molar-refractivity contribution in [1.29, 1.82) is 0 Å². The number of benzene rings is 2. The molecule has 0 radical (unpaired) electrons. The van der Waals surface area contributed by atoms with Crippen LogP contribution in [-0.4, -0.2) is 50.8 Å². The first-order valence-corrected chi connectivity index (χ1v) is 10.3. The minimum absolute atomic E-state index is 0.0694. The largest absolute Gasteiger partial charge is 0.492 e. The number of anilines is 1. The Balaban J connectivity index is 1.44. The standard InChI is InChI=1S/C21H20FN5OS/c22-16-6-8-17(9-7-16)25-10-12-26(13-11-25)18(15-4-2-1-3-5-15)19-20(28)27-21(29-19)23-14-24-27/h1-9,14,18,28H,10-13H2. The molecule has 3 heterocycles. The van der Waals surface area contributed by atoms with Gasteiger partial charge in [0.25, 0.3) is 0 Å². The van der Waals surface area contributed by atoms with Crippen molar-refractivity contribution in [2.75, 3.05) is 31.1 Å². The highest BCUT2D eigenvalue weighted by molar-refractivity contribution is 7.17. The molecule has 1 unspecified atom stereocenters. The fourth-order valence-electron chi connectivity index (χ4n) is 3.93. The molecule has 1 N–H and O–H groups in total. The van der Waals surface area contributed by atoms with Crippen molar-refractivity contribution in [3.05, 3.63) is 77.2 Å². The van der Waals surface area contributed by atoms with Crippen molar-refractivity contribution in [3.8, 4) is 5.88 Å². The maximum atomic E-state index is 13.2. The van der Waals surface area contributed by atoms with Crippen LogP contribution in [0.1, 0.15) is 16.5 Å². The number of nitrogens with zero attached hydrogens (tertiary/aromatic N) is 5. The minimum Gasteiger partial charge on any atom is -0.492 e. The van der Waals surface area contributed by atoms with Gasteiger partial charge >= 0.3 is 0 Å². The summed E-state index contributed by atoms with van der Waals surface area (Å²) >= 11 is 1.47. The van der Waals surface area contributed by atoms with Crippen molar-refractivity contribution in [2.45, 2.75) is 6.04 Å². The highest BCUT2D eigenvalue weighted by Gasteiger charge is 2.31. The SMILES string of the molecule is Oc1c(C(c2ccccc2)N2CCN(c3ccc(F)cc3)CC2)sc2ncnn12. The summed E-state index contributed by atoms with van der Waals surface area (Å²) in [5, 5.41) is 14.9. The summed E-state index contributed by atoms with van der Waals surface area (Å²) in [6, 6.07) is 16.8. The van der Waals surface area contributed by atoms with Gasteiger partial charge in [0.15, 0.2) is 0 Å². The Labute approximate surface area is 171 Å². The van der Waals surface area contributed by atoms with Gasteiger partial charge in [0.1, 0.15) is 12.1 Å². The Hall–Kier alpha value is -2.97. The summed E-state index contributed by atoms with van der Waals surface area (Å²) in [4.78, 5) is 10.4. The molecular weight excluding hydrogens is 389 g/mol. The highest BCUT2D eigenvalue weighted by Crippen LogP contribution is 2.40. The molecule has 1 atom stereocenters. The Morgan fingerprint density at radius 2 is 1.69 bits per heavy atom. The molecule has 1 aliphatic rings. The van der Waals surface area contributed by atoms with Crippen LogP contribution in [0, 0.1) is 5.82 Å². The Morgan fingerprint density at radius 3 is 2.38 bits per heavy atom. The lowest BCUT2D eigenvalue weighted by Crippen LogP contribution is -2.47. The smallest absolute Gasteiger partial charge is 0.230 e. The molecule has 0 aliphatic carbocycles. The first kappa shape index (κ1) is 18.1. The first-order chi connectivity index (χ1) is 14.2. The van der Waals surface area contributed by atoms with Crippen molar-refractivity contribution in [3.63, 3.8) is 0 Å². The van der Waals surface area contributed by atoms with Crippen LogP contribution >= 0.6 is 11.3 Å². The molecule has 0 saturated carbocycles. The van der Waals surface area contributed by atoms with Crippen LogP contribution in [0.4, 0.5) is 10.1 Å². The first-order valence-electron chi connectivity index (χ1n) is 9.51. The van der Waals surface area contributed by atoms with Gasteiger partial charge in [0.05, 0.1) is 10.9 Å². The van der Waals surface area contributed by atoms with Crippen LogP contribution < -0.4 is 4.90 Å². The Kier molecular flexibility index (Phi) is 4.65. The average molecular weight is 409 g/mol. The van der Waals surface area contributed by atoms with Gasteiger partial charge in [-0.15, -0.1) is 0 Å². The van der Waals surface area contributed by atoms with E-state index in [2.05, 4.69) is 32.0 Å². The number of aromatic hydroxyl groups is 1. The number of piperazine rings is 1. The number of fused-ring (bicyclic) bond motifs is 1.